The second-order valence-corrected chi connectivity index (χ2v) is 7.48. The van der Waals surface area contributed by atoms with E-state index in [4.69, 9.17) is 4.74 Å². The predicted molar refractivity (Wildman–Crippen MR) is 113 cm³/mol. The molecule has 0 fully saturated rings. The number of nitrogens with one attached hydrogen (secondary N) is 1. The first kappa shape index (κ1) is 19.2. The average molecular weight is 387 g/mol. The molecule has 4 heteroatoms. The highest BCUT2D eigenvalue weighted by Crippen LogP contribution is 2.36. The lowest BCUT2D eigenvalue weighted by molar-refractivity contribution is -0.123. The molecule has 0 spiro atoms. The summed E-state index contributed by atoms with van der Waals surface area (Å²) >= 11 is 0. The van der Waals surface area contributed by atoms with Gasteiger partial charge in [0, 0.05) is 24.3 Å². The Morgan fingerprint density at radius 1 is 0.931 bits per heavy atom. The van der Waals surface area contributed by atoms with Gasteiger partial charge >= 0.3 is 0 Å². The number of aliphatic hydroxyl groups is 1. The Labute approximate surface area is 171 Å². The highest BCUT2D eigenvalue weighted by Gasteiger charge is 2.36. The van der Waals surface area contributed by atoms with Crippen LogP contribution in [0.5, 0.6) is 5.75 Å². The van der Waals surface area contributed by atoms with E-state index in [1.807, 2.05) is 84.9 Å². The van der Waals surface area contributed by atoms with Crippen LogP contribution < -0.4 is 10.1 Å². The number of amides is 1. The van der Waals surface area contributed by atoms with Gasteiger partial charge in [-0.25, -0.2) is 0 Å². The van der Waals surface area contributed by atoms with E-state index in [1.54, 1.807) is 0 Å². The molecule has 29 heavy (non-hydrogen) atoms. The van der Waals surface area contributed by atoms with E-state index in [1.165, 1.54) is 0 Å². The van der Waals surface area contributed by atoms with E-state index < -0.39 is 5.60 Å². The highest BCUT2D eigenvalue weighted by atomic mass is 16.5. The number of para-hydroxylation sites is 1. The summed E-state index contributed by atoms with van der Waals surface area (Å²) in [6.45, 7) is 0.600. The first-order valence-electron chi connectivity index (χ1n) is 9.97. The maximum atomic E-state index is 12.8. The van der Waals surface area contributed by atoms with Crippen molar-refractivity contribution in [3.8, 4) is 5.75 Å². The molecule has 1 aliphatic heterocycles. The van der Waals surface area contributed by atoms with Crippen LogP contribution >= 0.6 is 0 Å². The van der Waals surface area contributed by atoms with Gasteiger partial charge in [0.15, 0.2) is 0 Å². The minimum absolute atomic E-state index is 0.0333. The van der Waals surface area contributed by atoms with Gasteiger partial charge in [-0.2, -0.15) is 0 Å². The molecule has 0 aliphatic carbocycles. The van der Waals surface area contributed by atoms with Crippen molar-refractivity contribution >= 4 is 5.91 Å². The van der Waals surface area contributed by atoms with E-state index in [-0.39, 0.29) is 18.4 Å². The van der Waals surface area contributed by atoms with Crippen LogP contribution in [0.25, 0.3) is 0 Å². The van der Waals surface area contributed by atoms with Gasteiger partial charge in [-0.05, 0) is 17.2 Å². The predicted octanol–water partition coefficient (Wildman–Crippen LogP) is 4.00. The summed E-state index contributed by atoms with van der Waals surface area (Å²) in [5.41, 5.74) is 1.82. The average Bonchev–Trinajstić information content (AvgIpc) is 2.78. The summed E-state index contributed by atoms with van der Waals surface area (Å²) in [4.78, 5) is 12.8. The molecular weight excluding hydrogens is 362 g/mol. The van der Waals surface area contributed by atoms with Gasteiger partial charge in [0.2, 0.25) is 5.91 Å². The molecule has 148 valence electrons. The van der Waals surface area contributed by atoms with Crippen LogP contribution in [0, 0.1) is 0 Å². The number of benzene rings is 3. The molecule has 2 N–H and O–H groups in total. The Hall–Kier alpha value is -3.11. The molecule has 1 heterocycles. The molecule has 4 rings (SSSR count). The smallest absolute Gasteiger partial charge is 0.221 e. The van der Waals surface area contributed by atoms with Gasteiger partial charge in [-0.15, -0.1) is 0 Å². The number of hydrogen-bond acceptors (Lipinski definition) is 3. The van der Waals surface area contributed by atoms with Gasteiger partial charge in [0.05, 0.1) is 13.2 Å². The molecule has 0 saturated heterocycles. The van der Waals surface area contributed by atoms with Crippen molar-refractivity contribution in [2.75, 3.05) is 13.2 Å². The van der Waals surface area contributed by atoms with Crippen molar-refractivity contribution in [3.05, 3.63) is 102 Å². The van der Waals surface area contributed by atoms with Crippen LogP contribution in [0.4, 0.5) is 0 Å². The summed E-state index contributed by atoms with van der Waals surface area (Å²) < 4.78 is 5.63. The maximum absolute atomic E-state index is 12.8. The Kier molecular flexibility index (Phi) is 5.63. The summed E-state index contributed by atoms with van der Waals surface area (Å²) in [5, 5.41) is 14.1. The topological polar surface area (TPSA) is 58.6 Å². The van der Waals surface area contributed by atoms with Gasteiger partial charge in [-0.1, -0.05) is 78.9 Å². The summed E-state index contributed by atoms with van der Waals surface area (Å²) in [6.07, 6.45) is 0.771. The van der Waals surface area contributed by atoms with E-state index in [0.717, 1.165) is 16.7 Å². The van der Waals surface area contributed by atoms with Crippen LogP contribution in [-0.2, 0) is 10.4 Å². The van der Waals surface area contributed by atoms with Crippen molar-refractivity contribution in [1.29, 1.82) is 0 Å². The van der Waals surface area contributed by atoms with Crippen molar-refractivity contribution in [1.82, 2.24) is 5.32 Å². The fourth-order valence-electron chi connectivity index (χ4n) is 3.93. The molecule has 0 bridgehead atoms. The van der Waals surface area contributed by atoms with Gasteiger partial charge in [-0.3, -0.25) is 4.79 Å². The molecule has 0 saturated carbocycles. The Morgan fingerprint density at radius 3 is 2.17 bits per heavy atom. The highest BCUT2D eigenvalue weighted by molar-refractivity contribution is 5.77. The fourth-order valence-corrected chi connectivity index (χ4v) is 3.93. The van der Waals surface area contributed by atoms with Crippen LogP contribution in [0.2, 0.25) is 0 Å². The van der Waals surface area contributed by atoms with Gasteiger partial charge < -0.3 is 15.2 Å². The monoisotopic (exact) mass is 387 g/mol. The first-order valence-corrected chi connectivity index (χ1v) is 9.97. The number of ether oxygens (including phenoxy) is 1. The van der Waals surface area contributed by atoms with E-state index in [9.17, 15) is 9.90 Å². The van der Waals surface area contributed by atoms with Crippen LogP contribution in [0.15, 0.2) is 84.9 Å². The number of rotatable bonds is 6. The molecule has 1 atom stereocenters. The SMILES string of the molecule is O=C(CC(c1ccccc1)c1ccccc1)NC[C@]1(O)CCOc2ccccc21. The Morgan fingerprint density at radius 2 is 1.52 bits per heavy atom. The molecule has 3 aromatic carbocycles. The van der Waals surface area contributed by atoms with Crippen molar-refractivity contribution in [2.45, 2.75) is 24.4 Å². The largest absolute Gasteiger partial charge is 0.493 e. The van der Waals surface area contributed by atoms with Crippen LogP contribution in [0.3, 0.4) is 0 Å². The third-order valence-electron chi connectivity index (χ3n) is 5.53. The lowest BCUT2D eigenvalue weighted by Gasteiger charge is -2.34. The van der Waals surface area contributed by atoms with Crippen molar-refractivity contribution in [3.63, 3.8) is 0 Å². The zero-order chi connectivity index (χ0) is 20.1. The molecule has 1 amide bonds. The Balaban J connectivity index is 1.48. The number of carbonyl (C=O) groups excluding carboxylic acids is 1. The first-order chi connectivity index (χ1) is 14.2. The minimum atomic E-state index is -1.11. The normalized spacial score (nSPS) is 18.0. The number of fused-ring (bicyclic) bond motifs is 1. The quantitative estimate of drug-likeness (QED) is 0.672. The van der Waals surface area contributed by atoms with Crippen LogP contribution in [0.1, 0.15) is 35.4 Å². The zero-order valence-corrected chi connectivity index (χ0v) is 16.3. The lowest BCUT2D eigenvalue weighted by Crippen LogP contribution is -2.44. The van der Waals surface area contributed by atoms with E-state index >= 15 is 0 Å². The second-order valence-electron chi connectivity index (χ2n) is 7.48. The molecular formula is C25H25NO3. The Bertz CT molecular complexity index is 919. The lowest BCUT2D eigenvalue weighted by atomic mass is 9.87. The molecule has 0 radical (unpaired) electrons. The minimum Gasteiger partial charge on any atom is -0.493 e. The summed E-state index contributed by atoms with van der Waals surface area (Å²) in [5.74, 6) is 0.566. The molecule has 3 aromatic rings. The third-order valence-corrected chi connectivity index (χ3v) is 5.53. The number of carbonyl (C=O) groups is 1. The summed E-state index contributed by atoms with van der Waals surface area (Å²) in [6, 6.07) is 27.6. The third kappa shape index (κ3) is 4.33. The molecule has 0 unspecified atom stereocenters. The van der Waals surface area contributed by atoms with Gasteiger partial charge in [0.25, 0.3) is 0 Å². The maximum Gasteiger partial charge on any atom is 0.221 e. The van der Waals surface area contributed by atoms with Crippen molar-refractivity contribution < 1.29 is 14.6 Å². The van der Waals surface area contributed by atoms with Crippen molar-refractivity contribution in [2.24, 2.45) is 0 Å². The van der Waals surface area contributed by atoms with E-state index in [0.29, 0.717) is 25.2 Å². The fraction of sp³-hybridized carbons (Fsp3) is 0.240. The van der Waals surface area contributed by atoms with Crippen LogP contribution in [-0.4, -0.2) is 24.2 Å². The second kappa shape index (κ2) is 8.50. The van der Waals surface area contributed by atoms with Gasteiger partial charge in [0.1, 0.15) is 11.4 Å². The zero-order valence-electron chi connectivity index (χ0n) is 16.3. The van der Waals surface area contributed by atoms with E-state index in [2.05, 4.69) is 5.32 Å². The summed E-state index contributed by atoms with van der Waals surface area (Å²) in [7, 11) is 0. The number of hydrogen-bond donors (Lipinski definition) is 2. The molecule has 0 aromatic heterocycles. The molecule has 1 aliphatic rings. The molecule has 4 nitrogen and oxygen atoms in total. The standard InChI is InChI=1S/C25H25NO3/c27-24(26-18-25(28)15-16-29-23-14-8-7-13-22(23)25)17-21(19-9-3-1-4-10-19)20-11-5-2-6-12-20/h1-14,21,28H,15-18H2,(H,26,27)/t25-/m1/s1.